The van der Waals surface area contributed by atoms with Crippen LogP contribution >= 0.6 is 0 Å². The van der Waals surface area contributed by atoms with Crippen molar-refractivity contribution >= 4 is 12.5 Å². The molecule has 0 amide bonds. The quantitative estimate of drug-likeness (QED) is 0.817. The van der Waals surface area contributed by atoms with Gasteiger partial charge in [0, 0.05) is 17.9 Å². The van der Waals surface area contributed by atoms with Crippen LogP contribution in [0, 0.1) is 13.8 Å². The van der Waals surface area contributed by atoms with E-state index in [0.717, 1.165) is 17.9 Å². The Hall–Kier alpha value is -1.77. The number of hydrogen-bond donors (Lipinski definition) is 1. The molecule has 0 aliphatic rings. The van der Waals surface area contributed by atoms with Crippen LogP contribution in [0.4, 0.5) is 5.69 Å². The van der Waals surface area contributed by atoms with Crippen LogP contribution in [-0.2, 0) is 11.3 Å². The molecule has 3 heteroatoms. The lowest BCUT2D eigenvalue weighted by molar-refractivity contribution is -0.0979. The summed E-state index contributed by atoms with van der Waals surface area (Å²) >= 11 is 0. The molecule has 0 aromatic carbocycles. The predicted molar refractivity (Wildman–Crippen MR) is 92.1 cm³/mol. The van der Waals surface area contributed by atoms with E-state index < -0.39 is 0 Å². The molecule has 0 unspecified atom stereocenters. The van der Waals surface area contributed by atoms with Gasteiger partial charge in [-0.05, 0) is 26.8 Å². The highest BCUT2D eigenvalue weighted by atomic mass is 16.1. The highest BCUT2D eigenvalue weighted by Crippen LogP contribution is 2.18. The fourth-order valence-electron chi connectivity index (χ4n) is 1.57. The van der Waals surface area contributed by atoms with Gasteiger partial charge in [0.05, 0.1) is 5.69 Å². The van der Waals surface area contributed by atoms with E-state index in [0.29, 0.717) is 0 Å². The number of rotatable bonds is 3. The summed E-state index contributed by atoms with van der Waals surface area (Å²) in [5, 5.41) is 0. The molecule has 1 aromatic rings. The molecule has 0 spiro atoms. The average molecular weight is 280 g/mol. The van der Waals surface area contributed by atoms with Crippen molar-refractivity contribution in [1.29, 1.82) is 0 Å². The molecule has 0 aliphatic carbocycles. The van der Waals surface area contributed by atoms with Crippen molar-refractivity contribution < 1.29 is 4.79 Å². The molecule has 0 fully saturated rings. The van der Waals surface area contributed by atoms with E-state index in [9.17, 15) is 0 Å². The van der Waals surface area contributed by atoms with Crippen molar-refractivity contribution in [2.24, 2.45) is 0 Å². The molecule has 0 saturated carbocycles. The van der Waals surface area contributed by atoms with Gasteiger partial charge in [-0.3, -0.25) is 0 Å². The van der Waals surface area contributed by atoms with Crippen molar-refractivity contribution in [3.05, 3.63) is 41.8 Å². The summed E-state index contributed by atoms with van der Waals surface area (Å²) in [6, 6.07) is 2.01. The number of anilines is 1. The van der Waals surface area contributed by atoms with Crippen LogP contribution in [0.2, 0.25) is 0 Å². The van der Waals surface area contributed by atoms with E-state index in [1.807, 2.05) is 59.6 Å². The molecular formula is C17H32N2O. The van der Waals surface area contributed by atoms with Crippen LogP contribution in [0.3, 0.4) is 0 Å². The number of aromatic nitrogens is 1. The zero-order valence-corrected chi connectivity index (χ0v) is 14.3. The SMILES string of the molecule is C=C/C=C(\C)Cn1c(C)cc(N)c1C.C=O.CC.CC. The third kappa shape index (κ3) is 8.35. The summed E-state index contributed by atoms with van der Waals surface area (Å²) < 4.78 is 2.21. The van der Waals surface area contributed by atoms with E-state index in [2.05, 4.69) is 25.0 Å². The lowest BCUT2D eigenvalue weighted by Gasteiger charge is -2.09. The van der Waals surface area contributed by atoms with E-state index in [1.165, 1.54) is 11.3 Å². The van der Waals surface area contributed by atoms with E-state index >= 15 is 0 Å². The zero-order valence-electron chi connectivity index (χ0n) is 14.3. The monoisotopic (exact) mass is 280 g/mol. The largest absolute Gasteiger partial charge is 0.397 e. The first-order valence-electron chi connectivity index (χ1n) is 7.05. The minimum atomic E-state index is 0.869. The molecule has 1 heterocycles. The van der Waals surface area contributed by atoms with E-state index in [-0.39, 0.29) is 0 Å². The maximum atomic E-state index is 8.00. The van der Waals surface area contributed by atoms with Gasteiger partial charge < -0.3 is 15.1 Å². The highest BCUT2D eigenvalue weighted by molar-refractivity contribution is 5.46. The van der Waals surface area contributed by atoms with Gasteiger partial charge in [-0.2, -0.15) is 0 Å². The standard InChI is InChI=1S/C12H18N2.2C2H6.CH2O/c1-5-6-9(2)8-14-10(3)7-12(13)11(14)4;3*1-2/h5-7H,1,8,13H2,2-4H3;2*1-2H3;1H2/b9-6+;;;. The van der Waals surface area contributed by atoms with Crippen molar-refractivity contribution in [1.82, 2.24) is 4.57 Å². The Morgan fingerprint density at radius 3 is 2.00 bits per heavy atom. The normalized spacial score (nSPS) is 9.05. The average Bonchev–Trinajstić information content (AvgIpc) is 2.72. The summed E-state index contributed by atoms with van der Waals surface area (Å²) in [7, 11) is 0. The molecule has 0 saturated heterocycles. The lowest BCUT2D eigenvalue weighted by Crippen LogP contribution is -2.03. The number of hydrogen-bond acceptors (Lipinski definition) is 2. The van der Waals surface area contributed by atoms with Crippen molar-refractivity contribution in [2.75, 3.05) is 5.73 Å². The first-order chi connectivity index (χ1) is 9.56. The molecule has 116 valence electrons. The van der Waals surface area contributed by atoms with Crippen LogP contribution in [-0.4, -0.2) is 11.4 Å². The number of nitrogens with two attached hydrogens (primary N) is 1. The molecule has 1 aromatic heterocycles. The van der Waals surface area contributed by atoms with Crippen LogP contribution < -0.4 is 5.73 Å². The maximum absolute atomic E-state index is 8.00. The topological polar surface area (TPSA) is 48.0 Å². The van der Waals surface area contributed by atoms with Gasteiger partial charge in [-0.15, -0.1) is 0 Å². The van der Waals surface area contributed by atoms with E-state index in [4.69, 9.17) is 10.5 Å². The first-order valence-corrected chi connectivity index (χ1v) is 7.05. The second-order valence-corrected chi connectivity index (χ2v) is 3.66. The second-order valence-electron chi connectivity index (χ2n) is 3.66. The summed E-state index contributed by atoms with van der Waals surface area (Å²) in [5.41, 5.74) is 10.3. The zero-order chi connectivity index (χ0) is 16.7. The number of carbonyl (C=O) groups excluding carboxylic acids is 1. The Morgan fingerprint density at radius 1 is 1.25 bits per heavy atom. The maximum Gasteiger partial charge on any atom is 0.106 e. The highest BCUT2D eigenvalue weighted by Gasteiger charge is 2.05. The fourth-order valence-corrected chi connectivity index (χ4v) is 1.57. The lowest BCUT2D eigenvalue weighted by atomic mass is 10.2. The van der Waals surface area contributed by atoms with Gasteiger partial charge in [0.1, 0.15) is 6.79 Å². The first kappa shape index (κ1) is 23.3. The Morgan fingerprint density at radius 2 is 1.70 bits per heavy atom. The Labute approximate surface area is 125 Å². The summed E-state index contributed by atoms with van der Waals surface area (Å²) in [6.45, 7) is 20.8. The number of nitrogen functional groups attached to an aromatic ring is 1. The summed E-state index contributed by atoms with van der Waals surface area (Å²) in [6.07, 6.45) is 3.84. The number of carbonyl (C=O) groups is 1. The van der Waals surface area contributed by atoms with Crippen LogP contribution in [0.25, 0.3) is 0 Å². The number of allylic oxidation sites excluding steroid dienone is 3. The van der Waals surface area contributed by atoms with Crippen molar-refractivity contribution in [3.63, 3.8) is 0 Å². The molecule has 1 rings (SSSR count). The van der Waals surface area contributed by atoms with Gasteiger partial charge >= 0.3 is 0 Å². The number of aryl methyl sites for hydroxylation is 1. The minimum Gasteiger partial charge on any atom is -0.397 e. The Bertz CT molecular complexity index is 390. The van der Waals surface area contributed by atoms with Crippen LogP contribution in [0.15, 0.2) is 30.4 Å². The molecule has 2 N–H and O–H groups in total. The summed E-state index contributed by atoms with van der Waals surface area (Å²) in [4.78, 5) is 8.00. The second kappa shape index (κ2) is 15.3. The Kier molecular flexibility index (Phi) is 17.8. The third-order valence-electron chi connectivity index (χ3n) is 2.42. The summed E-state index contributed by atoms with van der Waals surface area (Å²) in [5.74, 6) is 0. The fraction of sp³-hybridized carbons (Fsp3) is 0.471. The predicted octanol–water partition coefficient (Wildman–Crippen LogP) is 4.69. The van der Waals surface area contributed by atoms with E-state index in [1.54, 1.807) is 0 Å². The molecule has 0 bridgehead atoms. The smallest absolute Gasteiger partial charge is 0.106 e. The van der Waals surface area contributed by atoms with Gasteiger partial charge in [0.2, 0.25) is 0 Å². The Balaban J connectivity index is -0.000000425. The molecule has 0 radical (unpaired) electrons. The van der Waals surface area contributed by atoms with Crippen LogP contribution in [0.5, 0.6) is 0 Å². The van der Waals surface area contributed by atoms with Gasteiger partial charge in [-0.25, -0.2) is 0 Å². The minimum absolute atomic E-state index is 0.869. The van der Waals surface area contributed by atoms with Crippen molar-refractivity contribution in [3.8, 4) is 0 Å². The molecule has 20 heavy (non-hydrogen) atoms. The number of nitrogens with zero attached hydrogens (tertiary/aromatic N) is 1. The van der Waals surface area contributed by atoms with Crippen molar-refractivity contribution in [2.45, 2.75) is 55.0 Å². The van der Waals surface area contributed by atoms with Gasteiger partial charge in [0.15, 0.2) is 0 Å². The molecule has 3 nitrogen and oxygen atoms in total. The molecule has 0 aliphatic heterocycles. The van der Waals surface area contributed by atoms with Gasteiger partial charge in [0.25, 0.3) is 0 Å². The van der Waals surface area contributed by atoms with Crippen LogP contribution in [0.1, 0.15) is 46.0 Å². The third-order valence-corrected chi connectivity index (χ3v) is 2.42. The molecule has 0 atom stereocenters. The van der Waals surface area contributed by atoms with Gasteiger partial charge in [-0.1, -0.05) is 52.0 Å². The molecular weight excluding hydrogens is 248 g/mol.